The van der Waals surface area contributed by atoms with Crippen LogP contribution in [0.3, 0.4) is 0 Å². The van der Waals surface area contributed by atoms with Gasteiger partial charge in [0.2, 0.25) is 5.89 Å². The van der Waals surface area contributed by atoms with Crippen LogP contribution in [0.15, 0.2) is 34.9 Å². The number of hydrogen-bond donors (Lipinski definition) is 2. The Labute approximate surface area is 182 Å². The molecule has 1 unspecified atom stereocenters. The van der Waals surface area contributed by atoms with E-state index in [2.05, 4.69) is 38.8 Å². The van der Waals surface area contributed by atoms with E-state index >= 15 is 0 Å². The molecule has 2 aromatic rings. The average molecular weight is 434 g/mol. The number of likely N-dealkylation sites (N-methyl/N-ethyl adjacent to an activating group) is 1. The SMILES string of the molecule is CCN(CC)CC(O)CN1CCN(Cc2nc(C(=O)Nc3ccc(F)cc3)co2)CC1. The number of piperazine rings is 1. The molecule has 31 heavy (non-hydrogen) atoms. The number of aliphatic hydroxyl groups excluding tert-OH is 1. The molecule has 1 aliphatic rings. The fraction of sp³-hybridized carbons (Fsp3) is 0.545. The number of oxazole rings is 1. The number of halogens is 1. The fourth-order valence-corrected chi connectivity index (χ4v) is 3.67. The smallest absolute Gasteiger partial charge is 0.277 e. The topological polar surface area (TPSA) is 85.1 Å². The predicted octanol–water partition coefficient (Wildman–Crippen LogP) is 1.89. The van der Waals surface area contributed by atoms with Crippen LogP contribution >= 0.6 is 0 Å². The minimum Gasteiger partial charge on any atom is -0.447 e. The molecule has 8 nitrogen and oxygen atoms in total. The highest BCUT2D eigenvalue weighted by Gasteiger charge is 2.22. The first-order valence-corrected chi connectivity index (χ1v) is 10.8. The Morgan fingerprint density at radius 2 is 1.84 bits per heavy atom. The van der Waals surface area contributed by atoms with Gasteiger partial charge in [-0.2, -0.15) is 0 Å². The molecule has 1 aromatic heterocycles. The van der Waals surface area contributed by atoms with Gasteiger partial charge in [-0.15, -0.1) is 0 Å². The van der Waals surface area contributed by atoms with Gasteiger partial charge in [-0.25, -0.2) is 9.37 Å². The molecule has 1 fully saturated rings. The largest absolute Gasteiger partial charge is 0.447 e. The Morgan fingerprint density at radius 1 is 1.19 bits per heavy atom. The van der Waals surface area contributed by atoms with Gasteiger partial charge >= 0.3 is 0 Å². The molecule has 3 rings (SSSR count). The van der Waals surface area contributed by atoms with Crippen LogP contribution in [0.5, 0.6) is 0 Å². The zero-order valence-electron chi connectivity index (χ0n) is 18.3. The van der Waals surface area contributed by atoms with Crippen LogP contribution in [0.2, 0.25) is 0 Å². The number of nitrogens with zero attached hydrogens (tertiary/aromatic N) is 4. The van der Waals surface area contributed by atoms with Crippen molar-refractivity contribution in [3.05, 3.63) is 47.9 Å². The molecule has 1 amide bonds. The summed E-state index contributed by atoms with van der Waals surface area (Å²) in [6.45, 7) is 11.4. The average Bonchev–Trinajstić information content (AvgIpc) is 3.23. The second-order valence-electron chi connectivity index (χ2n) is 7.80. The first-order valence-electron chi connectivity index (χ1n) is 10.8. The third-order valence-electron chi connectivity index (χ3n) is 5.54. The number of aliphatic hydroxyl groups is 1. The van der Waals surface area contributed by atoms with E-state index in [0.717, 1.165) is 39.3 Å². The molecule has 2 heterocycles. The molecule has 1 aromatic carbocycles. The summed E-state index contributed by atoms with van der Waals surface area (Å²) in [6.07, 6.45) is 0.994. The molecule has 1 saturated heterocycles. The van der Waals surface area contributed by atoms with Crippen molar-refractivity contribution in [2.75, 3.05) is 57.7 Å². The van der Waals surface area contributed by atoms with Crippen molar-refractivity contribution in [3.63, 3.8) is 0 Å². The van der Waals surface area contributed by atoms with E-state index in [1.807, 2.05) is 0 Å². The minimum absolute atomic E-state index is 0.192. The summed E-state index contributed by atoms with van der Waals surface area (Å²) >= 11 is 0. The number of anilines is 1. The number of carbonyl (C=O) groups is 1. The minimum atomic E-state index is -0.395. The molecule has 1 atom stereocenters. The first-order chi connectivity index (χ1) is 15.0. The molecule has 9 heteroatoms. The van der Waals surface area contributed by atoms with E-state index in [0.29, 0.717) is 31.2 Å². The standard InChI is InChI=1S/C22H32FN5O3/c1-3-26(4-2)13-19(29)14-27-9-11-28(12-10-27)15-21-25-20(16-31-21)22(30)24-18-7-5-17(23)6-8-18/h5-8,16,19,29H,3-4,9-15H2,1-2H3,(H,24,30). The lowest BCUT2D eigenvalue weighted by molar-refractivity contribution is 0.0491. The summed E-state index contributed by atoms with van der Waals surface area (Å²) in [5, 5.41) is 13.0. The van der Waals surface area contributed by atoms with Crippen molar-refractivity contribution >= 4 is 11.6 Å². The predicted molar refractivity (Wildman–Crippen MR) is 116 cm³/mol. The zero-order chi connectivity index (χ0) is 22.2. The van der Waals surface area contributed by atoms with Crippen LogP contribution < -0.4 is 5.32 Å². The third kappa shape index (κ3) is 7.10. The number of nitrogens with one attached hydrogen (secondary N) is 1. The molecule has 0 saturated carbocycles. The highest BCUT2D eigenvalue weighted by Crippen LogP contribution is 2.13. The number of β-amino-alcohol motifs (C(OH)–C–C–N with tert-alkyl or cyclic N) is 1. The number of benzene rings is 1. The van der Waals surface area contributed by atoms with Crippen LogP contribution in [0.25, 0.3) is 0 Å². The van der Waals surface area contributed by atoms with Crippen molar-refractivity contribution in [2.45, 2.75) is 26.5 Å². The zero-order valence-corrected chi connectivity index (χ0v) is 18.3. The van der Waals surface area contributed by atoms with Crippen molar-refractivity contribution in [2.24, 2.45) is 0 Å². The summed E-state index contributed by atoms with van der Waals surface area (Å²) in [5.41, 5.74) is 0.688. The van der Waals surface area contributed by atoms with Crippen LogP contribution in [-0.2, 0) is 6.54 Å². The number of carbonyl (C=O) groups excluding carboxylic acids is 1. The highest BCUT2D eigenvalue weighted by atomic mass is 19.1. The van der Waals surface area contributed by atoms with Crippen LogP contribution in [-0.4, -0.2) is 89.2 Å². The van der Waals surface area contributed by atoms with Gasteiger partial charge in [0.1, 0.15) is 12.1 Å². The van der Waals surface area contributed by atoms with Crippen molar-refractivity contribution in [1.29, 1.82) is 0 Å². The maximum atomic E-state index is 13.0. The van der Waals surface area contributed by atoms with E-state index in [1.165, 1.54) is 30.5 Å². The lowest BCUT2D eigenvalue weighted by atomic mass is 10.2. The van der Waals surface area contributed by atoms with Crippen molar-refractivity contribution in [1.82, 2.24) is 19.7 Å². The van der Waals surface area contributed by atoms with E-state index in [4.69, 9.17) is 4.42 Å². The van der Waals surface area contributed by atoms with Gasteiger partial charge in [-0.05, 0) is 37.4 Å². The second-order valence-corrected chi connectivity index (χ2v) is 7.80. The summed E-state index contributed by atoms with van der Waals surface area (Å²) in [4.78, 5) is 23.3. The maximum Gasteiger partial charge on any atom is 0.277 e. The summed E-state index contributed by atoms with van der Waals surface area (Å²) in [7, 11) is 0. The van der Waals surface area contributed by atoms with Gasteiger partial charge < -0.3 is 19.7 Å². The molecule has 2 N–H and O–H groups in total. The Hall–Kier alpha value is -2.33. The molecule has 0 bridgehead atoms. The summed E-state index contributed by atoms with van der Waals surface area (Å²) < 4.78 is 18.4. The summed E-state index contributed by atoms with van der Waals surface area (Å²) in [6, 6.07) is 5.55. The van der Waals surface area contributed by atoms with Gasteiger partial charge in [0.25, 0.3) is 5.91 Å². The Bertz CT molecular complexity index is 817. The Balaban J connectivity index is 1.42. The third-order valence-corrected chi connectivity index (χ3v) is 5.54. The van der Waals surface area contributed by atoms with Gasteiger partial charge in [-0.3, -0.25) is 14.6 Å². The normalized spacial score (nSPS) is 16.5. The fourth-order valence-electron chi connectivity index (χ4n) is 3.67. The lowest BCUT2D eigenvalue weighted by Crippen LogP contribution is -2.49. The number of hydrogen-bond acceptors (Lipinski definition) is 7. The second kappa shape index (κ2) is 11.3. The van der Waals surface area contributed by atoms with Crippen molar-refractivity contribution < 1.29 is 18.7 Å². The van der Waals surface area contributed by atoms with E-state index in [9.17, 15) is 14.3 Å². The molecule has 170 valence electrons. The van der Waals surface area contributed by atoms with E-state index in [1.54, 1.807) is 0 Å². The molecule has 0 spiro atoms. The molecular weight excluding hydrogens is 401 g/mol. The number of amides is 1. The van der Waals surface area contributed by atoms with Gasteiger partial charge in [0.15, 0.2) is 5.69 Å². The van der Waals surface area contributed by atoms with Crippen molar-refractivity contribution in [3.8, 4) is 0 Å². The van der Waals surface area contributed by atoms with Gasteiger partial charge in [0.05, 0.1) is 12.6 Å². The van der Waals surface area contributed by atoms with Crippen LogP contribution in [0, 0.1) is 5.82 Å². The quantitative estimate of drug-likeness (QED) is 0.592. The first kappa shape index (κ1) is 23.3. The van der Waals surface area contributed by atoms with E-state index < -0.39 is 5.91 Å². The Morgan fingerprint density at radius 3 is 2.48 bits per heavy atom. The van der Waals surface area contributed by atoms with Crippen LogP contribution in [0.1, 0.15) is 30.2 Å². The van der Waals surface area contributed by atoms with Gasteiger partial charge in [0, 0.05) is 45.0 Å². The highest BCUT2D eigenvalue weighted by molar-refractivity contribution is 6.02. The van der Waals surface area contributed by atoms with Gasteiger partial charge in [-0.1, -0.05) is 13.8 Å². The molecule has 0 aliphatic carbocycles. The summed E-state index contributed by atoms with van der Waals surface area (Å²) in [5.74, 6) is -0.270. The Kier molecular flexibility index (Phi) is 8.53. The molecular formula is C22H32FN5O3. The number of aromatic nitrogens is 1. The molecule has 0 radical (unpaired) electrons. The number of rotatable bonds is 10. The van der Waals surface area contributed by atoms with E-state index in [-0.39, 0.29) is 17.6 Å². The van der Waals surface area contributed by atoms with Crippen LogP contribution in [0.4, 0.5) is 10.1 Å². The monoisotopic (exact) mass is 433 g/mol. The molecule has 1 aliphatic heterocycles. The lowest BCUT2D eigenvalue weighted by Gasteiger charge is -2.35. The maximum absolute atomic E-state index is 13.0.